The van der Waals surface area contributed by atoms with E-state index >= 15 is 0 Å². The monoisotopic (exact) mass is 369 g/mol. The van der Waals surface area contributed by atoms with Gasteiger partial charge in [-0.3, -0.25) is 0 Å². The first kappa shape index (κ1) is 15.1. The van der Waals surface area contributed by atoms with E-state index in [1.54, 1.807) is 11.3 Å². The summed E-state index contributed by atoms with van der Waals surface area (Å²) >= 11 is 7.87. The van der Waals surface area contributed by atoms with E-state index in [1.807, 2.05) is 24.3 Å². The zero-order valence-electron chi connectivity index (χ0n) is 13.5. The van der Waals surface area contributed by atoms with E-state index < -0.39 is 0 Å². The average molecular weight is 370 g/mol. The van der Waals surface area contributed by atoms with Gasteiger partial charge >= 0.3 is 0 Å². The summed E-state index contributed by atoms with van der Waals surface area (Å²) in [6.45, 7) is 2.02. The molecule has 0 aliphatic carbocycles. The smallest absolute Gasteiger partial charge is 0.213 e. The minimum Gasteiger partial charge on any atom is -0.342 e. The van der Waals surface area contributed by atoms with Gasteiger partial charge in [-0.2, -0.15) is 0 Å². The molecule has 7 heteroatoms. The lowest BCUT2D eigenvalue weighted by atomic mass is 10.1. The van der Waals surface area contributed by atoms with Crippen LogP contribution >= 0.6 is 22.9 Å². The number of anilines is 1. The maximum Gasteiger partial charge on any atom is 0.213 e. The molecule has 5 nitrogen and oxygen atoms in total. The average Bonchev–Trinajstić information content (AvgIpc) is 3.31. The Labute approximate surface area is 153 Å². The largest absolute Gasteiger partial charge is 0.342 e. The topological polar surface area (TPSA) is 46.3 Å². The molecule has 0 saturated carbocycles. The summed E-state index contributed by atoms with van der Waals surface area (Å²) < 4.78 is 2.10. The Morgan fingerprint density at radius 1 is 1.04 bits per heavy atom. The summed E-state index contributed by atoms with van der Waals surface area (Å²) in [7, 11) is 0. The number of benzene rings is 1. The van der Waals surface area contributed by atoms with Crippen molar-refractivity contribution in [2.45, 2.75) is 19.3 Å². The van der Waals surface area contributed by atoms with Gasteiger partial charge in [-0.1, -0.05) is 17.7 Å². The number of fused-ring (bicyclic) bond motifs is 3. The summed E-state index contributed by atoms with van der Waals surface area (Å²) in [6.07, 6.45) is 3.65. The minimum absolute atomic E-state index is 0.687. The summed E-state index contributed by atoms with van der Waals surface area (Å²) in [4.78, 5) is 8.40. The third-order valence-corrected chi connectivity index (χ3v) is 5.77. The predicted octanol–water partition coefficient (Wildman–Crippen LogP) is 4.65. The van der Waals surface area contributed by atoms with Crippen LogP contribution in [0.3, 0.4) is 0 Å². The van der Waals surface area contributed by atoms with Crippen molar-refractivity contribution in [3.8, 4) is 10.7 Å². The van der Waals surface area contributed by atoms with Gasteiger partial charge in [0.05, 0.1) is 10.4 Å². The van der Waals surface area contributed by atoms with Crippen molar-refractivity contribution in [2.75, 3.05) is 18.0 Å². The Morgan fingerprint density at radius 3 is 2.72 bits per heavy atom. The molecule has 4 aromatic rings. The minimum atomic E-state index is 0.687. The van der Waals surface area contributed by atoms with Gasteiger partial charge in [0.2, 0.25) is 5.95 Å². The molecule has 1 fully saturated rings. The first-order valence-corrected chi connectivity index (χ1v) is 9.70. The van der Waals surface area contributed by atoms with Crippen molar-refractivity contribution < 1.29 is 0 Å². The van der Waals surface area contributed by atoms with Crippen molar-refractivity contribution in [2.24, 2.45) is 0 Å². The Bertz CT molecular complexity index is 1050. The molecule has 0 amide bonds. The number of aromatic nitrogens is 4. The van der Waals surface area contributed by atoms with Crippen LogP contribution in [0.1, 0.15) is 19.3 Å². The molecule has 25 heavy (non-hydrogen) atoms. The summed E-state index contributed by atoms with van der Waals surface area (Å²) in [5, 5.41) is 12.7. The molecule has 0 unspecified atom stereocenters. The molecular formula is C18H16ClN5S. The van der Waals surface area contributed by atoms with Crippen LogP contribution in [0.25, 0.3) is 27.3 Å². The Hall–Kier alpha value is -2.18. The lowest BCUT2D eigenvalue weighted by molar-refractivity contribution is 0.567. The van der Waals surface area contributed by atoms with Crippen molar-refractivity contribution >= 4 is 45.4 Å². The predicted molar refractivity (Wildman–Crippen MR) is 103 cm³/mol. The maximum absolute atomic E-state index is 6.20. The van der Waals surface area contributed by atoms with E-state index in [1.165, 1.54) is 19.3 Å². The van der Waals surface area contributed by atoms with E-state index in [0.717, 1.165) is 46.3 Å². The molecule has 3 aromatic heterocycles. The Kier molecular flexibility index (Phi) is 3.60. The van der Waals surface area contributed by atoms with Crippen LogP contribution in [0.2, 0.25) is 5.02 Å². The highest BCUT2D eigenvalue weighted by Gasteiger charge is 2.22. The van der Waals surface area contributed by atoms with Crippen LogP contribution in [-0.2, 0) is 0 Å². The summed E-state index contributed by atoms with van der Waals surface area (Å²) in [6, 6.07) is 9.88. The molecule has 4 heterocycles. The quantitative estimate of drug-likeness (QED) is 0.516. The fraction of sp³-hybridized carbons (Fsp3) is 0.278. The lowest BCUT2D eigenvalue weighted by Crippen LogP contribution is -2.32. The van der Waals surface area contributed by atoms with Gasteiger partial charge in [-0.15, -0.1) is 21.5 Å². The highest BCUT2D eigenvalue weighted by Crippen LogP contribution is 2.32. The second-order valence-electron chi connectivity index (χ2n) is 6.28. The van der Waals surface area contributed by atoms with E-state index in [-0.39, 0.29) is 0 Å². The SMILES string of the molecule is Clc1ccc2c(c1)nc(N1CCCCC1)n1c(-c3cccs3)nnc21. The maximum atomic E-state index is 6.20. The van der Waals surface area contributed by atoms with Crippen LogP contribution in [0.15, 0.2) is 35.7 Å². The molecule has 0 bridgehead atoms. The number of thiophene rings is 1. The van der Waals surface area contributed by atoms with Crippen LogP contribution in [0.4, 0.5) is 5.95 Å². The number of rotatable bonds is 2. The summed E-state index contributed by atoms with van der Waals surface area (Å²) in [5.74, 6) is 1.77. The standard InChI is InChI=1S/C18H16ClN5S/c19-12-6-7-13-14(11-12)20-18(23-8-2-1-3-9-23)24-16(13)21-22-17(24)15-5-4-10-25-15/h4-7,10-11H,1-3,8-9H2. The van der Waals surface area contributed by atoms with Crippen LogP contribution in [0.5, 0.6) is 0 Å². The molecule has 0 atom stereocenters. The lowest BCUT2D eigenvalue weighted by Gasteiger charge is -2.28. The van der Waals surface area contributed by atoms with Crippen molar-refractivity contribution in [1.29, 1.82) is 0 Å². The fourth-order valence-electron chi connectivity index (χ4n) is 3.46. The third-order valence-electron chi connectivity index (χ3n) is 4.66. The molecule has 0 radical (unpaired) electrons. The van der Waals surface area contributed by atoms with Gasteiger partial charge in [0.1, 0.15) is 0 Å². The van der Waals surface area contributed by atoms with Crippen molar-refractivity contribution in [3.05, 3.63) is 40.7 Å². The van der Waals surface area contributed by atoms with Crippen molar-refractivity contribution in [1.82, 2.24) is 19.6 Å². The number of hydrogen-bond acceptors (Lipinski definition) is 5. The molecule has 1 aliphatic heterocycles. The van der Waals surface area contributed by atoms with E-state index in [9.17, 15) is 0 Å². The van der Waals surface area contributed by atoms with Gasteiger partial charge in [0, 0.05) is 23.5 Å². The first-order valence-electron chi connectivity index (χ1n) is 8.44. The van der Waals surface area contributed by atoms with Crippen molar-refractivity contribution in [3.63, 3.8) is 0 Å². The fourth-order valence-corrected chi connectivity index (χ4v) is 4.33. The van der Waals surface area contributed by atoms with Gasteiger partial charge in [-0.05, 0) is 48.9 Å². The van der Waals surface area contributed by atoms with Gasteiger partial charge in [0.25, 0.3) is 0 Å². The molecule has 1 aromatic carbocycles. The highest BCUT2D eigenvalue weighted by atomic mass is 35.5. The molecule has 126 valence electrons. The van der Waals surface area contributed by atoms with Gasteiger partial charge in [0.15, 0.2) is 11.5 Å². The summed E-state index contributed by atoms with van der Waals surface area (Å²) in [5.41, 5.74) is 1.70. The van der Waals surface area contributed by atoms with Crippen LogP contribution < -0.4 is 4.90 Å². The first-order chi connectivity index (χ1) is 12.3. The molecular weight excluding hydrogens is 354 g/mol. The zero-order chi connectivity index (χ0) is 16.8. The van der Waals surface area contributed by atoms with Crippen LogP contribution in [0, 0.1) is 0 Å². The Balaban J connectivity index is 1.84. The highest BCUT2D eigenvalue weighted by molar-refractivity contribution is 7.13. The van der Waals surface area contributed by atoms with E-state index in [2.05, 4.69) is 30.9 Å². The molecule has 5 rings (SSSR count). The molecule has 1 saturated heterocycles. The number of piperidine rings is 1. The number of halogens is 1. The number of nitrogens with zero attached hydrogens (tertiary/aromatic N) is 5. The number of hydrogen-bond donors (Lipinski definition) is 0. The molecule has 0 N–H and O–H groups in total. The van der Waals surface area contributed by atoms with Gasteiger partial charge < -0.3 is 4.90 Å². The van der Waals surface area contributed by atoms with Gasteiger partial charge in [-0.25, -0.2) is 9.38 Å². The second kappa shape index (κ2) is 5.97. The molecule has 0 spiro atoms. The third kappa shape index (κ3) is 2.48. The molecule has 1 aliphatic rings. The van der Waals surface area contributed by atoms with E-state index in [0.29, 0.717) is 5.02 Å². The van der Waals surface area contributed by atoms with Crippen LogP contribution in [-0.4, -0.2) is 32.7 Å². The zero-order valence-corrected chi connectivity index (χ0v) is 15.1. The second-order valence-corrected chi connectivity index (χ2v) is 7.67. The Morgan fingerprint density at radius 2 is 1.92 bits per heavy atom. The normalized spacial score (nSPS) is 15.3. The van der Waals surface area contributed by atoms with E-state index in [4.69, 9.17) is 16.6 Å².